The zero-order valence-corrected chi connectivity index (χ0v) is 25.5. The van der Waals surface area contributed by atoms with E-state index in [1.54, 1.807) is 49.3 Å². The van der Waals surface area contributed by atoms with Gasteiger partial charge in [0.1, 0.15) is 0 Å². The lowest BCUT2D eigenvalue weighted by Crippen LogP contribution is -2.47. The first-order chi connectivity index (χ1) is 20.2. The van der Waals surface area contributed by atoms with Crippen molar-refractivity contribution in [2.45, 2.75) is 6.04 Å². The summed E-state index contributed by atoms with van der Waals surface area (Å²) < 4.78 is 16.6. The van der Waals surface area contributed by atoms with Crippen LogP contribution in [0.1, 0.15) is 11.6 Å². The highest BCUT2D eigenvalue weighted by atomic mass is 35.5. The van der Waals surface area contributed by atoms with Gasteiger partial charge in [0.2, 0.25) is 11.8 Å². The summed E-state index contributed by atoms with van der Waals surface area (Å²) in [5.74, 6) is 0.558. The molecule has 0 radical (unpaired) electrons. The summed E-state index contributed by atoms with van der Waals surface area (Å²) in [7, 11) is 5.01. The van der Waals surface area contributed by atoms with Crippen molar-refractivity contribution in [3.8, 4) is 22.6 Å². The monoisotopic (exact) mass is 614 g/mol. The summed E-state index contributed by atoms with van der Waals surface area (Å²) in [6.45, 7) is 3.23. The second kappa shape index (κ2) is 14.6. The van der Waals surface area contributed by atoms with Gasteiger partial charge in [0.25, 0.3) is 0 Å². The summed E-state index contributed by atoms with van der Waals surface area (Å²) >= 11 is 12.3. The van der Waals surface area contributed by atoms with Crippen LogP contribution < -0.4 is 20.1 Å². The lowest BCUT2D eigenvalue weighted by molar-refractivity contribution is -0.131. The normalized spacial score (nSPS) is 14.2. The number of nitrogens with zero attached hydrogens (tertiary/aromatic N) is 3. The Hall–Kier alpha value is -3.50. The third kappa shape index (κ3) is 7.66. The van der Waals surface area contributed by atoms with Crippen molar-refractivity contribution in [3.05, 3.63) is 76.3 Å². The number of benzene rings is 3. The molecule has 3 aromatic carbocycles. The highest BCUT2D eigenvalue weighted by Gasteiger charge is 2.27. The Bertz CT molecular complexity index is 1380. The Balaban J connectivity index is 1.62. The first kappa shape index (κ1) is 31.4. The number of methoxy groups -OCH3 is 2. The van der Waals surface area contributed by atoms with Crippen LogP contribution in [0.15, 0.2) is 60.7 Å². The molecule has 9 nitrogen and oxygen atoms in total. The van der Waals surface area contributed by atoms with Gasteiger partial charge in [-0.05, 0) is 35.4 Å². The predicted octanol–water partition coefficient (Wildman–Crippen LogP) is 4.50. The molecule has 0 aliphatic carbocycles. The van der Waals surface area contributed by atoms with Crippen molar-refractivity contribution in [1.82, 2.24) is 9.80 Å². The number of halogens is 2. The van der Waals surface area contributed by atoms with Crippen LogP contribution >= 0.6 is 23.2 Å². The van der Waals surface area contributed by atoms with Crippen molar-refractivity contribution in [2.24, 2.45) is 5.73 Å². The summed E-state index contributed by atoms with van der Waals surface area (Å²) in [4.78, 5) is 31.3. The van der Waals surface area contributed by atoms with E-state index in [2.05, 4.69) is 4.90 Å². The van der Waals surface area contributed by atoms with Gasteiger partial charge < -0.3 is 29.7 Å². The Morgan fingerprint density at radius 1 is 0.976 bits per heavy atom. The molecule has 1 heterocycles. The van der Waals surface area contributed by atoms with Gasteiger partial charge in [-0.2, -0.15) is 0 Å². The van der Waals surface area contributed by atoms with Crippen molar-refractivity contribution >= 4 is 40.7 Å². The van der Waals surface area contributed by atoms with Gasteiger partial charge in [-0.3, -0.25) is 14.5 Å². The number of para-hydroxylation sites is 1. The first-order valence-corrected chi connectivity index (χ1v) is 14.3. The van der Waals surface area contributed by atoms with Gasteiger partial charge in [0.05, 0.1) is 56.6 Å². The maximum atomic E-state index is 13.8. The van der Waals surface area contributed by atoms with E-state index in [9.17, 15) is 9.59 Å². The van der Waals surface area contributed by atoms with E-state index in [1.165, 1.54) is 0 Å². The predicted molar refractivity (Wildman–Crippen MR) is 166 cm³/mol. The first-order valence-electron chi connectivity index (χ1n) is 13.6. The van der Waals surface area contributed by atoms with E-state index in [-0.39, 0.29) is 25.0 Å². The summed E-state index contributed by atoms with van der Waals surface area (Å²) in [6.07, 6.45) is 0. The minimum absolute atomic E-state index is 0.0733. The SMILES string of the molecule is COc1cccc(-c2ccc(C(CN3CCOCC3)N(C)C(=O)CN(CC(N)=O)c3ccc(Cl)c(Cl)c3)cc2)c1OC. The number of likely N-dealkylation sites (N-methyl/N-ethyl adjacent to an activating group) is 1. The molecule has 1 aliphatic rings. The Morgan fingerprint density at radius 3 is 2.31 bits per heavy atom. The Morgan fingerprint density at radius 2 is 1.69 bits per heavy atom. The van der Waals surface area contributed by atoms with Crippen LogP contribution in [0.4, 0.5) is 5.69 Å². The van der Waals surface area contributed by atoms with Crippen molar-refractivity contribution in [2.75, 3.05) is 72.1 Å². The lowest BCUT2D eigenvalue weighted by Gasteiger charge is -2.36. The van der Waals surface area contributed by atoms with Crippen LogP contribution in [0, 0.1) is 0 Å². The topological polar surface area (TPSA) is 97.6 Å². The number of anilines is 1. The van der Waals surface area contributed by atoms with Crippen LogP contribution in [0.2, 0.25) is 10.0 Å². The van der Waals surface area contributed by atoms with Crippen molar-refractivity contribution < 1.29 is 23.8 Å². The van der Waals surface area contributed by atoms with E-state index < -0.39 is 5.91 Å². The molecule has 224 valence electrons. The fourth-order valence-corrected chi connectivity index (χ4v) is 5.33. The number of rotatable bonds is 12. The lowest BCUT2D eigenvalue weighted by atomic mass is 9.98. The molecule has 3 aromatic rings. The van der Waals surface area contributed by atoms with E-state index in [0.29, 0.717) is 47.0 Å². The number of hydrogen-bond acceptors (Lipinski definition) is 7. The summed E-state index contributed by atoms with van der Waals surface area (Å²) in [5, 5.41) is 0.700. The number of primary amides is 1. The number of hydrogen-bond donors (Lipinski definition) is 1. The van der Waals surface area contributed by atoms with Gasteiger partial charge >= 0.3 is 0 Å². The number of ether oxygens (including phenoxy) is 3. The highest BCUT2D eigenvalue weighted by Crippen LogP contribution is 2.38. The van der Waals surface area contributed by atoms with E-state index in [1.807, 2.05) is 42.5 Å². The van der Waals surface area contributed by atoms with Crippen LogP contribution in [0.5, 0.6) is 11.5 Å². The second-order valence-electron chi connectivity index (χ2n) is 10.0. The van der Waals surface area contributed by atoms with Gasteiger partial charge in [-0.15, -0.1) is 0 Å². The smallest absolute Gasteiger partial charge is 0.242 e. The molecule has 42 heavy (non-hydrogen) atoms. The number of amides is 2. The Kier molecular flexibility index (Phi) is 10.9. The fourth-order valence-electron chi connectivity index (χ4n) is 5.04. The molecule has 2 N–H and O–H groups in total. The minimum Gasteiger partial charge on any atom is -0.493 e. The minimum atomic E-state index is -0.565. The number of nitrogens with two attached hydrogens (primary N) is 1. The molecule has 1 atom stereocenters. The molecular formula is C31H36Cl2N4O5. The quantitative estimate of drug-likeness (QED) is 0.321. The van der Waals surface area contributed by atoms with Crippen LogP contribution in [-0.2, 0) is 14.3 Å². The molecule has 1 unspecified atom stereocenters. The fraction of sp³-hybridized carbons (Fsp3) is 0.355. The van der Waals surface area contributed by atoms with Gasteiger partial charge in [-0.25, -0.2) is 0 Å². The molecule has 4 rings (SSSR count). The molecule has 0 spiro atoms. The van der Waals surface area contributed by atoms with Crippen molar-refractivity contribution in [3.63, 3.8) is 0 Å². The molecule has 11 heteroatoms. The highest BCUT2D eigenvalue weighted by molar-refractivity contribution is 6.42. The largest absolute Gasteiger partial charge is 0.493 e. The number of carbonyl (C=O) groups is 2. The van der Waals surface area contributed by atoms with Crippen LogP contribution in [0.3, 0.4) is 0 Å². The molecule has 1 saturated heterocycles. The van der Waals surface area contributed by atoms with E-state index in [0.717, 1.165) is 29.8 Å². The van der Waals surface area contributed by atoms with Crippen molar-refractivity contribution in [1.29, 1.82) is 0 Å². The zero-order chi connectivity index (χ0) is 30.2. The molecule has 0 aromatic heterocycles. The average Bonchev–Trinajstić information content (AvgIpc) is 3.00. The summed E-state index contributed by atoms with van der Waals surface area (Å²) in [6, 6.07) is 18.6. The molecule has 0 saturated carbocycles. The van der Waals surface area contributed by atoms with Crippen LogP contribution in [0.25, 0.3) is 11.1 Å². The summed E-state index contributed by atoms with van der Waals surface area (Å²) in [5.41, 5.74) is 8.94. The number of morpholine rings is 1. The Labute approximate surface area is 256 Å². The standard InChI is InChI=1S/C31H36Cl2N4O5/c1-35(30(39)20-37(19-29(34)38)23-11-12-25(32)26(33)17-23)27(18-36-13-15-42-16-14-36)22-9-7-21(8-10-22)24-5-4-6-28(40-2)31(24)41-3/h4-12,17,27H,13-16,18-20H2,1-3H3,(H2,34,38). The molecule has 2 amide bonds. The zero-order valence-electron chi connectivity index (χ0n) is 24.0. The average molecular weight is 616 g/mol. The third-order valence-corrected chi connectivity index (χ3v) is 8.09. The van der Waals surface area contributed by atoms with Crippen LogP contribution in [-0.4, -0.2) is 88.8 Å². The third-order valence-electron chi connectivity index (χ3n) is 7.35. The number of carbonyl (C=O) groups excluding carboxylic acids is 2. The maximum absolute atomic E-state index is 13.8. The molecule has 1 aliphatic heterocycles. The van der Waals surface area contributed by atoms with Gasteiger partial charge in [0, 0.05) is 37.9 Å². The molecule has 0 bridgehead atoms. The van der Waals surface area contributed by atoms with Gasteiger partial charge in [-0.1, -0.05) is 59.6 Å². The molecular weight excluding hydrogens is 579 g/mol. The molecule has 1 fully saturated rings. The second-order valence-corrected chi connectivity index (χ2v) is 10.8. The van der Waals surface area contributed by atoms with E-state index in [4.69, 9.17) is 43.1 Å². The van der Waals surface area contributed by atoms with E-state index >= 15 is 0 Å². The van der Waals surface area contributed by atoms with Gasteiger partial charge in [0.15, 0.2) is 11.5 Å². The maximum Gasteiger partial charge on any atom is 0.242 e.